The largest absolute Gasteiger partial charge is 0.370 e. The number of hydrogen-bond acceptors (Lipinski definition) is 3. The molecule has 0 saturated carbocycles. The summed E-state index contributed by atoms with van der Waals surface area (Å²) >= 11 is 0. The fourth-order valence-corrected chi connectivity index (χ4v) is 1.65. The molecule has 0 fully saturated rings. The van der Waals surface area contributed by atoms with Crippen molar-refractivity contribution in [3.8, 4) is 0 Å². The van der Waals surface area contributed by atoms with E-state index in [1.807, 2.05) is 0 Å². The van der Waals surface area contributed by atoms with Crippen LogP contribution < -0.4 is 22.1 Å². The highest BCUT2D eigenvalue weighted by molar-refractivity contribution is 5.97. The molecule has 1 atom stereocenters. The molecule has 0 radical (unpaired) electrons. The van der Waals surface area contributed by atoms with Crippen molar-refractivity contribution in [2.75, 3.05) is 6.54 Å². The van der Waals surface area contributed by atoms with Crippen molar-refractivity contribution >= 4 is 17.8 Å². The summed E-state index contributed by atoms with van der Waals surface area (Å²) in [4.78, 5) is 23.2. The normalized spacial score (nSPS) is 11.4. The van der Waals surface area contributed by atoms with E-state index >= 15 is 0 Å². The fourth-order valence-electron chi connectivity index (χ4n) is 1.65. The summed E-state index contributed by atoms with van der Waals surface area (Å²) in [7, 11) is 0. The average Bonchev–Trinajstić information content (AvgIpc) is 2.42. The van der Waals surface area contributed by atoms with Crippen LogP contribution in [0.3, 0.4) is 0 Å². The van der Waals surface area contributed by atoms with Crippen molar-refractivity contribution in [1.29, 1.82) is 5.41 Å². The zero-order valence-corrected chi connectivity index (χ0v) is 11.1. The molecule has 7 heteroatoms. The van der Waals surface area contributed by atoms with E-state index in [9.17, 15) is 9.59 Å². The van der Waals surface area contributed by atoms with Gasteiger partial charge in [0.25, 0.3) is 5.91 Å². The molecule has 0 aliphatic heterocycles. The molecule has 0 aromatic heterocycles. The first-order valence-electron chi connectivity index (χ1n) is 6.24. The molecular formula is C13H19N5O2. The van der Waals surface area contributed by atoms with Gasteiger partial charge in [-0.25, -0.2) is 0 Å². The van der Waals surface area contributed by atoms with Gasteiger partial charge in [0, 0.05) is 12.1 Å². The third-order valence-electron chi connectivity index (χ3n) is 2.67. The minimum Gasteiger partial charge on any atom is -0.370 e. The Labute approximate surface area is 117 Å². The molecule has 20 heavy (non-hydrogen) atoms. The summed E-state index contributed by atoms with van der Waals surface area (Å²) in [5.74, 6) is -1.06. The molecule has 0 heterocycles. The molecule has 0 spiro atoms. The van der Waals surface area contributed by atoms with Crippen molar-refractivity contribution in [2.24, 2.45) is 11.5 Å². The summed E-state index contributed by atoms with van der Waals surface area (Å²) in [6, 6.07) is 7.86. The lowest BCUT2D eigenvalue weighted by molar-refractivity contribution is -0.120. The SMILES string of the molecule is N=C(N)NCCCC(NC(=O)c1ccccc1)C(N)=O. The first-order valence-corrected chi connectivity index (χ1v) is 6.24. The number of carbonyl (C=O) groups excluding carboxylic acids is 2. The van der Waals surface area contributed by atoms with Gasteiger partial charge in [0.15, 0.2) is 5.96 Å². The first-order chi connectivity index (χ1) is 9.50. The molecule has 0 aliphatic rings. The summed E-state index contributed by atoms with van der Waals surface area (Å²) in [6.07, 6.45) is 0.941. The van der Waals surface area contributed by atoms with Gasteiger partial charge >= 0.3 is 0 Å². The third-order valence-corrected chi connectivity index (χ3v) is 2.67. The standard InChI is InChI=1S/C13H19N5O2/c14-11(19)10(7-4-8-17-13(15)16)18-12(20)9-5-2-1-3-6-9/h1-3,5-6,10H,4,7-8H2,(H2,14,19)(H,18,20)(H4,15,16,17). The molecule has 1 aromatic carbocycles. The minimum absolute atomic E-state index is 0.131. The molecule has 0 bridgehead atoms. The van der Waals surface area contributed by atoms with Crippen molar-refractivity contribution in [3.05, 3.63) is 35.9 Å². The van der Waals surface area contributed by atoms with E-state index in [1.165, 1.54) is 0 Å². The van der Waals surface area contributed by atoms with E-state index in [-0.39, 0.29) is 11.9 Å². The quantitative estimate of drug-likeness (QED) is 0.262. The van der Waals surface area contributed by atoms with Gasteiger partial charge < -0.3 is 22.1 Å². The second-order valence-electron chi connectivity index (χ2n) is 4.28. The number of benzene rings is 1. The van der Waals surface area contributed by atoms with Gasteiger partial charge in [-0.15, -0.1) is 0 Å². The predicted octanol–water partition coefficient (Wildman–Crippen LogP) is -0.466. The highest BCUT2D eigenvalue weighted by Gasteiger charge is 2.18. The van der Waals surface area contributed by atoms with E-state index in [0.717, 1.165) is 0 Å². The molecule has 0 saturated heterocycles. The third kappa shape index (κ3) is 5.38. The van der Waals surface area contributed by atoms with Crippen molar-refractivity contribution in [1.82, 2.24) is 10.6 Å². The van der Waals surface area contributed by atoms with Crippen LogP contribution in [0.15, 0.2) is 30.3 Å². The summed E-state index contributed by atoms with van der Waals surface area (Å²) in [5, 5.41) is 12.2. The number of hydrogen-bond donors (Lipinski definition) is 5. The van der Waals surface area contributed by atoms with E-state index in [1.54, 1.807) is 30.3 Å². The van der Waals surface area contributed by atoms with Crippen LogP contribution in [-0.4, -0.2) is 30.4 Å². The molecule has 1 unspecified atom stereocenters. The lowest BCUT2D eigenvalue weighted by Gasteiger charge is -2.15. The van der Waals surface area contributed by atoms with Crippen LogP contribution in [0.2, 0.25) is 0 Å². The first kappa shape index (κ1) is 15.5. The van der Waals surface area contributed by atoms with Crippen LogP contribution in [0.5, 0.6) is 0 Å². The highest BCUT2D eigenvalue weighted by atomic mass is 16.2. The Morgan fingerprint density at radius 1 is 1.20 bits per heavy atom. The zero-order chi connectivity index (χ0) is 15.0. The lowest BCUT2D eigenvalue weighted by Crippen LogP contribution is -2.45. The van der Waals surface area contributed by atoms with Gasteiger partial charge in [-0.3, -0.25) is 15.0 Å². The second kappa shape index (κ2) is 7.78. The molecule has 1 rings (SSSR count). The van der Waals surface area contributed by atoms with Gasteiger partial charge in [0.2, 0.25) is 5.91 Å². The summed E-state index contributed by atoms with van der Waals surface area (Å²) < 4.78 is 0. The van der Waals surface area contributed by atoms with Crippen LogP contribution in [0.4, 0.5) is 0 Å². The Balaban J connectivity index is 2.49. The second-order valence-corrected chi connectivity index (χ2v) is 4.28. The van der Waals surface area contributed by atoms with Gasteiger partial charge in [0.1, 0.15) is 6.04 Å². The van der Waals surface area contributed by atoms with Crippen LogP contribution in [0, 0.1) is 5.41 Å². The van der Waals surface area contributed by atoms with Gasteiger partial charge in [0.05, 0.1) is 0 Å². The molecular weight excluding hydrogens is 258 g/mol. The fraction of sp³-hybridized carbons (Fsp3) is 0.308. The van der Waals surface area contributed by atoms with Crippen LogP contribution in [0.1, 0.15) is 23.2 Å². The Morgan fingerprint density at radius 2 is 1.85 bits per heavy atom. The van der Waals surface area contributed by atoms with Crippen molar-refractivity contribution in [3.63, 3.8) is 0 Å². The van der Waals surface area contributed by atoms with Crippen LogP contribution in [-0.2, 0) is 4.79 Å². The predicted molar refractivity (Wildman–Crippen MR) is 76.0 cm³/mol. The Kier molecular flexibility index (Phi) is 6.02. The lowest BCUT2D eigenvalue weighted by atomic mass is 10.1. The maximum Gasteiger partial charge on any atom is 0.251 e. The number of primary amides is 1. The molecule has 108 valence electrons. The van der Waals surface area contributed by atoms with E-state index < -0.39 is 11.9 Å². The van der Waals surface area contributed by atoms with Crippen molar-refractivity contribution < 1.29 is 9.59 Å². The molecule has 2 amide bonds. The number of guanidine groups is 1. The number of nitrogens with one attached hydrogen (secondary N) is 3. The minimum atomic E-state index is -0.739. The smallest absolute Gasteiger partial charge is 0.251 e. The van der Waals surface area contributed by atoms with Crippen LogP contribution in [0.25, 0.3) is 0 Å². The molecule has 7 N–H and O–H groups in total. The Morgan fingerprint density at radius 3 is 2.40 bits per heavy atom. The molecule has 7 nitrogen and oxygen atoms in total. The summed E-state index contributed by atoms with van der Waals surface area (Å²) in [5.41, 5.74) is 10.9. The van der Waals surface area contributed by atoms with Crippen LogP contribution >= 0.6 is 0 Å². The van der Waals surface area contributed by atoms with Gasteiger partial charge in [-0.05, 0) is 25.0 Å². The van der Waals surface area contributed by atoms with E-state index in [0.29, 0.717) is 24.9 Å². The molecule has 0 aliphatic carbocycles. The Bertz CT molecular complexity index is 475. The number of amides is 2. The van der Waals surface area contributed by atoms with Gasteiger partial charge in [-0.2, -0.15) is 0 Å². The topological polar surface area (TPSA) is 134 Å². The molecule has 1 aromatic rings. The zero-order valence-electron chi connectivity index (χ0n) is 11.1. The number of carbonyl (C=O) groups is 2. The summed E-state index contributed by atoms with van der Waals surface area (Å²) in [6.45, 7) is 0.445. The number of rotatable bonds is 7. The van der Waals surface area contributed by atoms with Crippen molar-refractivity contribution in [2.45, 2.75) is 18.9 Å². The maximum atomic E-state index is 11.9. The highest BCUT2D eigenvalue weighted by Crippen LogP contribution is 2.02. The maximum absolute atomic E-state index is 11.9. The average molecular weight is 277 g/mol. The van der Waals surface area contributed by atoms with Gasteiger partial charge in [-0.1, -0.05) is 18.2 Å². The Hall–Kier alpha value is -2.57. The van der Waals surface area contributed by atoms with E-state index in [2.05, 4.69) is 10.6 Å². The number of nitrogens with two attached hydrogens (primary N) is 2. The van der Waals surface area contributed by atoms with E-state index in [4.69, 9.17) is 16.9 Å². The monoisotopic (exact) mass is 277 g/mol.